The van der Waals surface area contributed by atoms with Gasteiger partial charge in [-0.2, -0.15) is 4.98 Å². The molecular weight excluding hydrogens is 322 g/mol. The summed E-state index contributed by atoms with van der Waals surface area (Å²) in [5, 5.41) is 3.43. The first-order valence-corrected chi connectivity index (χ1v) is 8.86. The van der Waals surface area contributed by atoms with E-state index in [2.05, 4.69) is 47.3 Å². The Kier molecular flexibility index (Phi) is 4.35. The summed E-state index contributed by atoms with van der Waals surface area (Å²) in [6.45, 7) is 4.21. The van der Waals surface area contributed by atoms with Gasteiger partial charge in [0.2, 0.25) is 5.95 Å². The number of benzene rings is 2. The number of imidazole rings is 1. The lowest BCUT2D eigenvalue weighted by atomic mass is 10.1. The Morgan fingerprint density at radius 3 is 2.58 bits per heavy atom. The highest BCUT2D eigenvalue weighted by atomic mass is 15.2. The molecule has 0 spiro atoms. The molecule has 2 aromatic carbocycles. The number of para-hydroxylation sites is 2. The zero-order chi connectivity index (χ0) is 17.9. The Balaban J connectivity index is 1.72. The Morgan fingerprint density at radius 2 is 1.77 bits per heavy atom. The van der Waals surface area contributed by atoms with Crippen molar-refractivity contribution < 1.29 is 0 Å². The van der Waals surface area contributed by atoms with E-state index in [4.69, 9.17) is 4.98 Å². The molecule has 0 fully saturated rings. The van der Waals surface area contributed by atoms with Gasteiger partial charge in [0.25, 0.3) is 0 Å². The van der Waals surface area contributed by atoms with E-state index in [0.717, 1.165) is 29.0 Å². The van der Waals surface area contributed by atoms with E-state index < -0.39 is 0 Å². The lowest BCUT2D eigenvalue weighted by molar-refractivity contribution is 0.843. The highest BCUT2D eigenvalue weighted by Gasteiger charge is 2.11. The van der Waals surface area contributed by atoms with Crippen molar-refractivity contribution in [1.29, 1.82) is 0 Å². The van der Waals surface area contributed by atoms with Gasteiger partial charge in [0.15, 0.2) is 0 Å². The van der Waals surface area contributed by atoms with Gasteiger partial charge in [-0.25, -0.2) is 9.97 Å². The molecule has 2 aromatic heterocycles. The lowest BCUT2D eigenvalue weighted by Gasteiger charge is -2.16. The normalized spacial score (nSPS) is 12.2. The van der Waals surface area contributed by atoms with Crippen LogP contribution in [0.4, 0.5) is 5.95 Å². The lowest BCUT2D eigenvalue weighted by Crippen LogP contribution is -2.12. The summed E-state index contributed by atoms with van der Waals surface area (Å²) < 4.78 is 2.01. The van der Waals surface area contributed by atoms with Crippen LogP contribution >= 0.6 is 0 Å². The molecule has 4 aromatic rings. The maximum atomic E-state index is 4.74. The second-order valence-electron chi connectivity index (χ2n) is 6.27. The van der Waals surface area contributed by atoms with Gasteiger partial charge >= 0.3 is 0 Å². The molecule has 0 saturated heterocycles. The van der Waals surface area contributed by atoms with Crippen molar-refractivity contribution in [1.82, 2.24) is 19.5 Å². The topological polar surface area (TPSA) is 55.6 Å². The first kappa shape index (κ1) is 16.3. The van der Waals surface area contributed by atoms with Crippen LogP contribution < -0.4 is 5.32 Å². The van der Waals surface area contributed by atoms with Crippen molar-refractivity contribution in [2.45, 2.75) is 26.3 Å². The van der Waals surface area contributed by atoms with Crippen molar-refractivity contribution >= 4 is 17.0 Å². The zero-order valence-electron chi connectivity index (χ0n) is 14.9. The van der Waals surface area contributed by atoms with Gasteiger partial charge < -0.3 is 5.32 Å². The Hall–Kier alpha value is -3.21. The van der Waals surface area contributed by atoms with Gasteiger partial charge in [0.1, 0.15) is 12.1 Å². The molecule has 5 heteroatoms. The predicted molar refractivity (Wildman–Crippen MR) is 105 cm³/mol. The van der Waals surface area contributed by atoms with Gasteiger partial charge in [-0.15, -0.1) is 0 Å². The number of hydrogen-bond donors (Lipinski definition) is 1. The summed E-state index contributed by atoms with van der Waals surface area (Å²) in [5.41, 5.74) is 4.19. The molecule has 0 aliphatic heterocycles. The molecule has 0 radical (unpaired) electrons. The number of rotatable bonds is 5. The Labute approximate surface area is 152 Å². The first-order valence-electron chi connectivity index (χ1n) is 8.86. The van der Waals surface area contributed by atoms with Gasteiger partial charge in [0.05, 0.1) is 17.1 Å². The molecule has 0 saturated carbocycles. The highest BCUT2D eigenvalue weighted by molar-refractivity contribution is 5.76. The standard InChI is InChI=1S/C21H21N5/c1-3-17-13-20(26-14-22-18-11-7-8-12-19(18)26)25-21(24-17)23-15(2)16-9-5-4-6-10-16/h4-15H,3H2,1-2H3,(H,23,24,25). The number of nitrogens with zero attached hydrogens (tertiary/aromatic N) is 4. The van der Waals surface area contributed by atoms with E-state index in [-0.39, 0.29) is 6.04 Å². The molecule has 2 heterocycles. The molecular formula is C21H21N5. The van der Waals surface area contributed by atoms with Crippen LogP contribution in [0, 0.1) is 0 Å². The van der Waals surface area contributed by atoms with Crippen LogP contribution in [0.25, 0.3) is 16.9 Å². The molecule has 0 bridgehead atoms. The molecule has 1 atom stereocenters. The smallest absolute Gasteiger partial charge is 0.225 e. The number of fused-ring (bicyclic) bond motifs is 1. The molecule has 1 unspecified atom stereocenters. The minimum Gasteiger partial charge on any atom is -0.348 e. The number of anilines is 1. The fourth-order valence-corrected chi connectivity index (χ4v) is 3.01. The minimum atomic E-state index is 0.121. The Bertz CT molecular complexity index is 1020. The van der Waals surface area contributed by atoms with Crippen molar-refractivity contribution in [3.05, 3.63) is 78.2 Å². The van der Waals surface area contributed by atoms with E-state index in [1.807, 2.05) is 53.4 Å². The molecule has 26 heavy (non-hydrogen) atoms. The highest BCUT2D eigenvalue weighted by Crippen LogP contribution is 2.21. The number of aromatic nitrogens is 4. The number of hydrogen-bond acceptors (Lipinski definition) is 4. The van der Waals surface area contributed by atoms with E-state index in [1.54, 1.807) is 0 Å². The van der Waals surface area contributed by atoms with E-state index in [9.17, 15) is 0 Å². The molecule has 130 valence electrons. The van der Waals surface area contributed by atoms with E-state index in [0.29, 0.717) is 5.95 Å². The van der Waals surface area contributed by atoms with Gasteiger partial charge in [-0.1, -0.05) is 49.4 Å². The van der Waals surface area contributed by atoms with Crippen molar-refractivity contribution in [3.63, 3.8) is 0 Å². The van der Waals surface area contributed by atoms with Crippen molar-refractivity contribution in [2.75, 3.05) is 5.32 Å². The molecule has 0 amide bonds. The average Bonchev–Trinajstić information content (AvgIpc) is 3.12. The van der Waals surface area contributed by atoms with Crippen LogP contribution in [-0.4, -0.2) is 19.5 Å². The van der Waals surface area contributed by atoms with Crippen molar-refractivity contribution in [2.24, 2.45) is 0 Å². The third-order valence-electron chi connectivity index (χ3n) is 4.47. The van der Waals surface area contributed by atoms with E-state index in [1.165, 1.54) is 5.56 Å². The second-order valence-corrected chi connectivity index (χ2v) is 6.27. The molecule has 0 aliphatic carbocycles. The third kappa shape index (κ3) is 3.16. The summed E-state index contributed by atoms with van der Waals surface area (Å²) in [6, 6.07) is 20.5. The Morgan fingerprint density at radius 1 is 1.00 bits per heavy atom. The maximum Gasteiger partial charge on any atom is 0.225 e. The zero-order valence-corrected chi connectivity index (χ0v) is 14.9. The van der Waals surface area contributed by atoms with Crippen molar-refractivity contribution in [3.8, 4) is 5.82 Å². The monoisotopic (exact) mass is 343 g/mol. The van der Waals surface area contributed by atoms with Crippen LogP contribution in [0.15, 0.2) is 67.0 Å². The second kappa shape index (κ2) is 6.96. The third-order valence-corrected chi connectivity index (χ3v) is 4.47. The summed E-state index contributed by atoms with van der Waals surface area (Å²) in [4.78, 5) is 13.9. The predicted octanol–water partition coefficient (Wildman–Crippen LogP) is 4.55. The number of aryl methyl sites for hydroxylation is 1. The van der Waals surface area contributed by atoms with Crippen LogP contribution in [0.5, 0.6) is 0 Å². The van der Waals surface area contributed by atoms with Crippen LogP contribution in [0.1, 0.15) is 31.1 Å². The summed E-state index contributed by atoms with van der Waals surface area (Å²) in [6.07, 6.45) is 2.66. The SMILES string of the molecule is CCc1cc(-n2cnc3ccccc32)nc(NC(C)c2ccccc2)n1. The molecule has 5 nitrogen and oxygen atoms in total. The fraction of sp³-hybridized carbons (Fsp3) is 0.190. The summed E-state index contributed by atoms with van der Waals surface area (Å²) >= 11 is 0. The van der Waals surface area contributed by atoms with Gasteiger partial charge in [0, 0.05) is 11.8 Å². The fourth-order valence-electron chi connectivity index (χ4n) is 3.01. The van der Waals surface area contributed by atoms with Crippen LogP contribution in [0.3, 0.4) is 0 Å². The molecule has 1 N–H and O–H groups in total. The summed E-state index contributed by atoms with van der Waals surface area (Å²) in [7, 11) is 0. The molecule has 0 aliphatic rings. The quantitative estimate of drug-likeness (QED) is 0.577. The maximum absolute atomic E-state index is 4.74. The summed E-state index contributed by atoms with van der Waals surface area (Å²) in [5.74, 6) is 1.46. The van der Waals surface area contributed by atoms with Gasteiger partial charge in [-0.05, 0) is 31.0 Å². The first-order chi connectivity index (χ1) is 12.7. The largest absolute Gasteiger partial charge is 0.348 e. The number of nitrogens with one attached hydrogen (secondary N) is 1. The van der Waals surface area contributed by atoms with Gasteiger partial charge in [-0.3, -0.25) is 4.57 Å². The van der Waals surface area contributed by atoms with Crippen LogP contribution in [0.2, 0.25) is 0 Å². The van der Waals surface area contributed by atoms with Crippen LogP contribution in [-0.2, 0) is 6.42 Å². The minimum absolute atomic E-state index is 0.121. The molecule has 4 rings (SSSR count). The average molecular weight is 343 g/mol. The van der Waals surface area contributed by atoms with E-state index >= 15 is 0 Å².